The van der Waals surface area contributed by atoms with E-state index in [-0.39, 0.29) is 24.8 Å². The zero-order valence-electron chi connectivity index (χ0n) is 15.2. The molecule has 1 heterocycles. The van der Waals surface area contributed by atoms with Crippen molar-refractivity contribution >= 4 is 47.4 Å². The Labute approximate surface area is 178 Å². The predicted molar refractivity (Wildman–Crippen MR) is 119 cm³/mol. The van der Waals surface area contributed by atoms with Gasteiger partial charge in [0.15, 0.2) is 0 Å². The van der Waals surface area contributed by atoms with Crippen molar-refractivity contribution in [1.82, 2.24) is 15.3 Å². The van der Waals surface area contributed by atoms with Crippen LogP contribution >= 0.6 is 36.4 Å². The lowest BCUT2D eigenvalue weighted by molar-refractivity contribution is 0.342. The van der Waals surface area contributed by atoms with E-state index in [1.54, 1.807) is 6.33 Å². The number of nitrogens with one attached hydrogen (secondary N) is 2. The summed E-state index contributed by atoms with van der Waals surface area (Å²) in [7, 11) is 0. The molecule has 6 heteroatoms. The number of aromatic amines is 1. The number of nitrogens with zero attached hydrogens (tertiary/aromatic N) is 1. The van der Waals surface area contributed by atoms with Crippen molar-refractivity contribution in [2.24, 2.45) is 5.92 Å². The smallest absolute Gasteiger partial charge is 0.0931 e. The lowest BCUT2D eigenvalue weighted by Gasteiger charge is -2.22. The Balaban J connectivity index is 0.00000131. The van der Waals surface area contributed by atoms with Crippen LogP contribution in [-0.4, -0.2) is 16.5 Å². The highest BCUT2D eigenvalue weighted by atomic mass is 35.5. The molecule has 0 spiro atoms. The topological polar surface area (TPSA) is 40.7 Å². The maximum atomic E-state index is 6.54. The second kappa shape index (κ2) is 10.3. The van der Waals surface area contributed by atoms with Crippen molar-refractivity contribution < 1.29 is 0 Å². The fourth-order valence-electron chi connectivity index (χ4n) is 3.79. The maximum Gasteiger partial charge on any atom is 0.0931 e. The van der Waals surface area contributed by atoms with Crippen LogP contribution in [0.1, 0.15) is 37.7 Å². The van der Waals surface area contributed by atoms with Crippen molar-refractivity contribution in [3.8, 4) is 11.1 Å². The number of rotatable bonds is 5. The quantitative estimate of drug-likeness (QED) is 0.496. The third-order valence-corrected chi connectivity index (χ3v) is 5.63. The van der Waals surface area contributed by atoms with Crippen molar-refractivity contribution in [2.75, 3.05) is 6.54 Å². The molecule has 0 bridgehead atoms. The largest absolute Gasteiger partial charge is 0.345 e. The summed E-state index contributed by atoms with van der Waals surface area (Å²) in [5.41, 5.74) is 5.49. The SMILES string of the molecule is Cl.Cl.Clc1cc(-c2ccc3nc[nH]c3c2)ccc1CNCC1CCCCC1. The summed E-state index contributed by atoms with van der Waals surface area (Å²) in [4.78, 5) is 7.43. The van der Waals surface area contributed by atoms with Gasteiger partial charge < -0.3 is 10.3 Å². The Morgan fingerprint density at radius 2 is 1.74 bits per heavy atom. The zero-order valence-corrected chi connectivity index (χ0v) is 17.6. The molecule has 1 fully saturated rings. The highest BCUT2D eigenvalue weighted by Gasteiger charge is 2.13. The lowest BCUT2D eigenvalue weighted by Crippen LogP contribution is -2.24. The first-order valence-electron chi connectivity index (χ1n) is 9.22. The van der Waals surface area contributed by atoms with E-state index < -0.39 is 0 Å². The molecule has 0 atom stereocenters. The van der Waals surface area contributed by atoms with Crippen LogP contribution in [0.5, 0.6) is 0 Å². The van der Waals surface area contributed by atoms with Gasteiger partial charge in [-0.2, -0.15) is 0 Å². The molecule has 27 heavy (non-hydrogen) atoms. The summed E-state index contributed by atoms with van der Waals surface area (Å²) < 4.78 is 0. The second-order valence-corrected chi connectivity index (χ2v) is 7.48. The van der Waals surface area contributed by atoms with Gasteiger partial charge in [0, 0.05) is 11.6 Å². The minimum atomic E-state index is 0. The van der Waals surface area contributed by atoms with Crippen LogP contribution in [0.15, 0.2) is 42.7 Å². The van der Waals surface area contributed by atoms with E-state index in [0.717, 1.165) is 46.2 Å². The molecular formula is C21H26Cl3N3. The number of imidazole rings is 1. The molecule has 4 rings (SSSR count). The zero-order chi connectivity index (χ0) is 17.1. The maximum absolute atomic E-state index is 6.54. The molecule has 3 nitrogen and oxygen atoms in total. The van der Waals surface area contributed by atoms with Crippen LogP contribution in [0.2, 0.25) is 5.02 Å². The van der Waals surface area contributed by atoms with Crippen molar-refractivity contribution in [1.29, 1.82) is 0 Å². The van der Waals surface area contributed by atoms with E-state index >= 15 is 0 Å². The molecule has 0 unspecified atom stereocenters. The van der Waals surface area contributed by atoms with Crippen LogP contribution in [0.3, 0.4) is 0 Å². The third kappa shape index (κ3) is 5.39. The number of halogens is 3. The van der Waals surface area contributed by atoms with E-state index in [1.807, 2.05) is 6.07 Å². The predicted octanol–water partition coefficient (Wildman–Crippen LogP) is 6.40. The van der Waals surface area contributed by atoms with Crippen molar-refractivity contribution in [2.45, 2.75) is 38.6 Å². The first-order valence-corrected chi connectivity index (χ1v) is 9.60. The lowest BCUT2D eigenvalue weighted by atomic mass is 9.89. The first-order chi connectivity index (χ1) is 12.3. The highest BCUT2D eigenvalue weighted by molar-refractivity contribution is 6.31. The summed E-state index contributed by atoms with van der Waals surface area (Å²) in [6.45, 7) is 1.95. The number of H-pyrrole nitrogens is 1. The molecule has 0 saturated heterocycles. The fraction of sp³-hybridized carbons (Fsp3) is 0.381. The van der Waals surface area contributed by atoms with E-state index in [1.165, 1.54) is 37.7 Å². The average molecular weight is 427 g/mol. The van der Waals surface area contributed by atoms with Gasteiger partial charge in [-0.25, -0.2) is 4.98 Å². The molecule has 0 radical (unpaired) electrons. The molecule has 1 aromatic heterocycles. The van der Waals surface area contributed by atoms with E-state index in [9.17, 15) is 0 Å². The second-order valence-electron chi connectivity index (χ2n) is 7.08. The van der Waals surface area contributed by atoms with Crippen LogP contribution in [-0.2, 0) is 6.54 Å². The minimum Gasteiger partial charge on any atom is -0.345 e. The molecule has 1 saturated carbocycles. The summed E-state index contributed by atoms with van der Waals surface area (Å²) in [6, 6.07) is 12.6. The summed E-state index contributed by atoms with van der Waals surface area (Å²) in [5, 5.41) is 4.43. The number of hydrogen-bond donors (Lipinski definition) is 2. The number of hydrogen-bond acceptors (Lipinski definition) is 2. The molecule has 1 aliphatic rings. The Bertz CT molecular complexity index is 857. The molecule has 1 aliphatic carbocycles. The van der Waals surface area contributed by atoms with Gasteiger partial charge in [0.05, 0.1) is 17.4 Å². The summed E-state index contributed by atoms with van der Waals surface area (Å²) >= 11 is 6.54. The molecular weight excluding hydrogens is 401 g/mol. The van der Waals surface area contributed by atoms with Crippen LogP contribution in [0, 0.1) is 5.92 Å². The summed E-state index contributed by atoms with van der Waals surface area (Å²) in [6.07, 6.45) is 8.66. The van der Waals surface area contributed by atoms with Gasteiger partial charge in [-0.3, -0.25) is 0 Å². The molecule has 3 aromatic rings. The molecule has 0 aliphatic heterocycles. The molecule has 0 amide bonds. The fourth-order valence-corrected chi connectivity index (χ4v) is 4.03. The average Bonchev–Trinajstić information content (AvgIpc) is 3.11. The van der Waals surface area contributed by atoms with Gasteiger partial charge in [-0.05, 0) is 60.2 Å². The normalized spacial score (nSPS) is 14.6. The minimum absolute atomic E-state index is 0. The van der Waals surface area contributed by atoms with Gasteiger partial charge in [-0.15, -0.1) is 24.8 Å². The van der Waals surface area contributed by atoms with Crippen molar-refractivity contribution in [3.63, 3.8) is 0 Å². The summed E-state index contributed by atoms with van der Waals surface area (Å²) in [5.74, 6) is 0.841. The van der Waals surface area contributed by atoms with Crippen molar-refractivity contribution in [3.05, 3.63) is 53.3 Å². The molecule has 146 valence electrons. The van der Waals surface area contributed by atoms with Gasteiger partial charge in [0.2, 0.25) is 0 Å². The Morgan fingerprint density at radius 3 is 2.52 bits per heavy atom. The Kier molecular flexibility index (Phi) is 8.43. The van der Waals surface area contributed by atoms with Gasteiger partial charge in [-0.1, -0.05) is 49.1 Å². The van der Waals surface area contributed by atoms with Crippen LogP contribution in [0.4, 0.5) is 0 Å². The monoisotopic (exact) mass is 425 g/mol. The van der Waals surface area contributed by atoms with Gasteiger partial charge >= 0.3 is 0 Å². The van der Waals surface area contributed by atoms with Gasteiger partial charge in [0.25, 0.3) is 0 Å². The number of benzene rings is 2. The van der Waals surface area contributed by atoms with E-state index in [4.69, 9.17) is 11.6 Å². The first kappa shape index (κ1) is 22.0. The Morgan fingerprint density at radius 1 is 1.00 bits per heavy atom. The van der Waals surface area contributed by atoms with Gasteiger partial charge in [0.1, 0.15) is 0 Å². The van der Waals surface area contributed by atoms with E-state index in [2.05, 4.69) is 45.6 Å². The third-order valence-electron chi connectivity index (χ3n) is 5.28. The molecule has 2 aromatic carbocycles. The Hall–Kier alpha value is -1.26. The number of aromatic nitrogens is 2. The van der Waals surface area contributed by atoms with Crippen LogP contribution in [0.25, 0.3) is 22.2 Å². The standard InChI is InChI=1S/C21H24ClN3.2ClH/c22-19-10-16(17-8-9-20-21(11-17)25-14-24-20)6-7-18(19)13-23-12-15-4-2-1-3-5-15;;/h6-11,14-15,23H,1-5,12-13H2,(H,24,25);2*1H. The van der Waals surface area contributed by atoms with E-state index in [0.29, 0.717) is 0 Å². The molecule has 2 N–H and O–H groups in total. The highest BCUT2D eigenvalue weighted by Crippen LogP contribution is 2.28. The van der Waals surface area contributed by atoms with Crippen LogP contribution < -0.4 is 5.32 Å². The number of fused-ring (bicyclic) bond motifs is 1.